The van der Waals surface area contributed by atoms with Crippen LogP contribution in [0.2, 0.25) is 0 Å². The van der Waals surface area contributed by atoms with Gasteiger partial charge in [-0.1, -0.05) is 40.7 Å². The molecule has 2 heteroatoms. The van der Waals surface area contributed by atoms with Crippen molar-refractivity contribution in [1.82, 2.24) is 4.98 Å². The molecule has 0 aliphatic rings. The van der Waals surface area contributed by atoms with Crippen LogP contribution in [0.25, 0.3) is 10.9 Å². The molecule has 0 atom stereocenters. The van der Waals surface area contributed by atoms with E-state index in [1.165, 1.54) is 10.9 Å². The van der Waals surface area contributed by atoms with E-state index in [4.69, 9.17) is 5.73 Å². The monoisotopic (exact) mass is 242 g/mol. The standard InChI is InChI=1S/C16H22N2/c1-10(2)13-9-11-8-12(16(3,4)5)6-7-14(11)18-15(13)17/h6-10H,1-5H3,(H2,17,18). The first-order chi connectivity index (χ1) is 8.29. The first kappa shape index (κ1) is 12.9. The molecule has 0 radical (unpaired) electrons. The summed E-state index contributed by atoms with van der Waals surface area (Å²) in [6.07, 6.45) is 0. The van der Waals surface area contributed by atoms with Crippen LogP contribution in [0.5, 0.6) is 0 Å². The number of anilines is 1. The van der Waals surface area contributed by atoms with Gasteiger partial charge in [0, 0.05) is 5.39 Å². The number of fused-ring (bicyclic) bond motifs is 1. The van der Waals surface area contributed by atoms with E-state index < -0.39 is 0 Å². The predicted octanol–water partition coefficient (Wildman–Crippen LogP) is 4.24. The third kappa shape index (κ3) is 2.33. The molecule has 0 aliphatic heterocycles. The van der Waals surface area contributed by atoms with E-state index in [2.05, 4.69) is 63.9 Å². The van der Waals surface area contributed by atoms with Crippen LogP contribution in [0.1, 0.15) is 51.7 Å². The second-order valence-electron chi connectivity index (χ2n) is 6.28. The quantitative estimate of drug-likeness (QED) is 0.812. The van der Waals surface area contributed by atoms with Crippen LogP contribution in [0.15, 0.2) is 24.3 Å². The summed E-state index contributed by atoms with van der Waals surface area (Å²) in [6.45, 7) is 11.0. The van der Waals surface area contributed by atoms with Gasteiger partial charge < -0.3 is 5.73 Å². The summed E-state index contributed by atoms with van der Waals surface area (Å²) in [6, 6.07) is 8.62. The molecular weight excluding hydrogens is 220 g/mol. The van der Waals surface area contributed by atoms with Crippen LogP contribution >= 0.6 is 0 Å². The average Bonchev–Trinajstić information content (AvgIpc) is 2.25. The van der Waals surface area contributed by atoms with E-state index in [1.807, 2.05) is 0 Å². The Morgan fingerprint density at radius 2 is 1.78 bits per heavy atom. The smallest absolute Gasteiger partial charge is 0.127 e. The van der Waals surface area contributed by atoms with E-state index in [0.717, 1.165) is 11.1 Å². The highest BCUT2D eigenvalue weighted by molar-refractivity contribution is 5.82. The first-order valence-corrected chi connectivity index (χ1v) is 6.49. The molecule has 0 aliphatic carbocycles. The zero-order chi connectivity index (χ0) is 13.5. The minimum absolute atomic E-state index is 0.160. The van der Waals surface area contributed by atoms with Gasteiger partial charge in [-0.25, -0.2) is 4.98 Å². The molecule has 0 saturated carbocycles. The van der Waals surface area contributed by atoms with E-state index in [9.17, 15) is 0 Å². The maximum Gasteiger partial charge on any atom is 0.127 e. The van der Waals surface area contributed by atoms with Gasteiger partial charge in [0.2, 0.25) is 0 Å². The summed E-state index contributed by atoms with van der Waals surface area (Å²) in [7, 11) is 0. The molecule has 0 saturated heterocycles. The highest BCUT2D eigenvalue weighted by atomic mass is 14.8. The zero-order valence-electron chi connectivity index (χ0n) is 11.9. The maximum absolute atomic E-state index is 6.00. The number of aromatic nitrogens is 1. The van der Waals surface area contributed by atoms with Crippen LogP contribution in [0.4, 0.5) is 5.82 Å². The molecule has 0 spiro atoms. The minimum Gasteiger partial charge on any atom is -0.383 e. The highest BCUT2D eigenvalue weighted by Crippen LogP contribution is 2.29. The maximum atomic E-state index is 6.00. The van der Waals surface area contributed by atoms with Crippen molar-refractivity contribution >= 4 is 16.7 Å². The molecule has 0 unspecified atom stereocenters. The van der Waals surface area contributed by atoms with Gasteiger partial charge in [0.05, 0.1) is 5.52 Å². The topological polar surface area (TPSA) is 38.9 Å². The number of nitrogen functional groups attached to an aromatic ring is 1. The van der Waals surface area contributed by atoms with Gasteiger partial charge in [0.15, 0.2) is 0 Å². The van der Waals surface area contributed by atoms with Gasteiger partial charge in [0.25, 0.3) is 0 Å². The van der Waals surface area contributed by atoms with Crippen LogP contribution in [0.3, 0.4) is 0 Å². The third-order valence-electron chi connectivity index (χ3n) is 3.36. The molecule has 0 fully saturated rings. The summed E-state index contributed by atoms with van der Waals surface area (Å²) < 4.78 is 0. The number of hydrogen-bond donors (Lipinski definition) is 1. The molecule has 96 valence electrons. The van der Waals surface area contributed by atoms with Crippen LogP contribution < -0.4 is 5.73 Å². The van der Waals surface area contributed by atoms with Crippen molar-refractivity contribution in [3.05, 3.63) is 35.4 Å². The van der Waals surface area contributed by atoms with Crippen LogP contribution in [-0.2, 0) is 5.41 Å². The summed E-state index contributed by atoms with van der Waals surface area (Å²) >= 11 is 0. The van der Waals surface area contributed by atoms with Gasteiger partial charge >= 0.3 is 0 Å². The second kappa shape index (κ2) is 4.27. The Balaban J connectivity index is 2.65. The Kier molecular flexibility index (Phi) is 3.05. The Morgan fingerprint density at radius 3 is 2.33 bits per heavy atom. The Hall–Kier alpha value is -1.57. The summed E-state index contributed by atoms with van der Waals surface area (Å²) in [5, 5.41) is 1.18. The molecule has 2 nitrogen and oxygen atoms in total. The van der Waals surface area contributed by atoms with Crippen molar-refractivity contribution in [3.8, 4) is 0 Å². The lowest BCUT2D eigenvalue weighted by atomic mass is 9.86. The number of nitrogens with two attached hydrogens (primary N) is 1. The van der Waals surface area contributed by atoms with Crippen LogP contribution in [-0.4, -0.2) is 4.98 Å². The molecule has 2 rings (SSSR count). The van der Waals surface area contributed by atoms with Gasteiger partial charge in [-0.05, 0) is 40.7 Å². The number of pyridine rings is 1. The molecule has 1 aromatic heterocycles. The molecule has 18 heavy (non-hydrogen) atoms. The Morgan fingerprint density at radius 1 is 1.11 bits per heavy atom. The van der Waals surface area contributed by atoms with Crippen molar-refractivity contribution < 1.29 is 0 Å². The fourth-order valence-electron chi connectivity index (χ4n) is 2.14. The average molecular weight is 242 g/mol. The molecule has 1 heterocycles. The summed E-state index contributed by atoms with van der Waals surface area (Å²) in [5.41, 5.74) is 9.60. The molecule has 2 N–H and O–H groups in total. The van der Waals surface area contributed by atoms with Gasteiger partial charge in [-0.3, -0.25) is 0 Å². The lowest BCUT2D eigenvalue weighted by Gasteiger charge is -2.20. The first-order valence-electron chi connectivity index (χ1n) is 6.49. The minimum atomic E-state index is 0.160. The number of nitrogens with zero attached hydrogens (tertiary/aromatic N) is 1. The van der Waals surface area contributed by atoms with Crippen molar-refractivity contribution in [2.45, 2.75) is 46.0 Å². The third-order valence-corrected chi connectivity index (χ3v) is 3.36. The van der Waals surface area contributed by atoms with E-state index in [0.29, 0.717) is 11.7 Å². The summed E-state index contributed by atoms with van der Waals surface area (Å²) in [5.74, 6) is 1.06. The Labute approximate surface area is 109 Å². The van der Waals surface area contributed by atoms with Gasteiger partial charge in [-0.2, -0.15) is 0 Å². The predicted molar refractivity (Wildman–Crippen MR) is 78.9 cm³/mol. The zero-order valence-corrected chi connectivity index (χ0v) is 11.9. The van der Waals surface area contributed by atoms with Crippen molar-refractivity contribution in [2.75, 3.05) is 5.73 Å². The van der Waals surface area contributed by atoms with E-state index in [1.54, 1.807) is 0 Å². The molecule has 1 aromatic carbocycles. The van der Waals surface area contributed by atoms with Crippen LogP contribution in [0, 0.1) is 0 Å². The lowest BCUT2D eigenvalue weighted by Crippen LogP contribution is -2.11. The van der Waals surface area contributed by atoms with Gasteiger partial charge in [0.1, 0.15) is 5.82 Å². The summed E-state index contributed by atoms with van der Waals surface area (Å²) in [4.78, 5) is 4.50. The number of benzene rings is 1. The molecule has 0 bridgehead atoms. The SMILES string of the molecule is CC(C)c1cc2cc(C(C)(C)C)ccc2nc1N. The van der Waals surface area contributed by atoms with Gasteiger partial charge in [-0.15, -0.1) is 0 Å². The fourth-order valence-corrected chi connectivity index (χ4v) is 2.14. The Bertz CT molecular complexity index is 577. The van der Waals surface area contributed by atoms with Crippen molar-refractivity contribution in [1.29, 1.82) is 0 Å². The highest BCUT2D eigenvalue weighted by Gasteiger charge is 2.15. The normalized spacial score (nSPS) is 12.3. The molecular formula is C16H22N2. The number of hydrogen-bond acceptors (Lipinski definition) is 2. The van der Waals surface area contributed by atoms with E-state index >= 15 is 0 Å². The second-order valence-corrected chi connectivity index (χ2v) is 6.28. The lowest BCUT2D eigenvalue weighted by molar-refractivity contribution is 0.591. The van der Waals surface area contributed by atoms with Crippen molar-refractivity contribution in [2.24, 2.45) is 0 Å². The largest absolute Gasteiger partial charge is 0.383 e. The molecule has 0 amide bonds. The van der Waals surface area contributed by atoms with E-state index in [-0.39, 0.29) is 5.41 Å². The molecule has 2 aromatic rings. The van der Waals surface area contributed by atoms with Crippen molar-refractivity contribution in [3.63, 3.8) is 0 Å². The number of rotatable bonds is 1. The fraction of sp³-hybridized carbons (Fsp3) is 0.438.